The van der Waals surface area contributed by atoms with E-state index in [0.29, 0.717) is 11.6 Å². The van der Waals surface area contributed by atoms with Crippen LogP contribution in [0.4, 0.5) is 0 Å². The van der Waals surface area contributed by atoms with Crippen molar-refractivity contribution in [2.45, 2.75) is 20.0 Å². The smallest absolute Gasteiger partial charge is 0.241 e. The van der Waals surface area contributed by atoms with Gasteiger partial charge in [0.1, 0.15) is 11.8 Å². The van der Waals surface area contributed by atoms with Gasteiger partial charge >= 0.3 is 0 Å². The molecule has 5 nitrogen and oxygen atoms in total. The Bertz CT molecular complexity index is 614. The van der Waals surface area contributed by atoms with Crippen LogP contribution in [0.25, 0.3) is 0 Å². The van der Waals surface area contributed by atoms with Gasteiger partial charge in [-0.05, 0) is 30.5 Å². The van der Waals surface area contributed by atoms with Crippen molar-refractivity contribution in [3.05, 3.63) is 46.8 Å². The Hall–Kier alpha value is -2.14. The second-order valence-corrected chi connectivity index (χ2v) is 4.50. The number of aryl methyl sites for hydroxylation is 1. The van der Waals surface area contributed by atoms with E-state index in [4.69, 9.17) is 9.47 Å². The Balaban J connectivity index is 2.47. The number of aromatic nitrogens is 2. The summed E-state index contributed by atoms with van der Waals surface area (Å²) >= 11 is 0. The molecule has 1 atom stereocenters. The monoisotopic (exact) mass is 274 g/mol. The van der Waals surface area contributed by atoms with Crippen molar-refractivity contribution in [3.63, 3.8) is 0 Å². The zero-order chi connectivity index (χ0) is 14.7. The molecule has 20 heavy (non-hydrogen) atoms. The highest BCUT2D eigenvalue weighted by molar-refractivity contribution is 5.40. The van der Waals surface area contributed by atoms with Crippen molar-refractivity contribution in [3.8, 4) is 11.8 Å². The fourth-order valence-corrected chi connectivity index (χ4v) is 2.02. The van der Waals surface area contributed by atoms with Crippen LogP contribution in [0, 0.1) is 13.8 Å². The number of rotatable bonds is 4. The summed E-state index contributed by atoms with van der Waals surface area (Å²) in [5, 5.41) is 10.5. The molecule has 106 valence electrons. The van der Waals surface area contributed by atoms with E-state index in [9.17, 15) is 5.11 Å². The molecular weight excluding hydrogens is 256 g/mol. The molecule has 1 N–H and O–H groups in total. The van der Waals surface area contributed by atoms with E-state index in [1.807, 2.05) is 32.0 Å². The summed E-state index contributed by atoms with van der Waals surface area (Å²) in [6.07, 6.45) is 0.579. The van der Waals surface area contributed by atoms with Gasteiger partial charge in [-0.3, -0.25) is 0 Å². The Morgan fingerprint density at radius 3 is 2.55 bits per heavy atom. The van der Waals surface area contributed by atoms with E-state index in [-0.39, 0.29) is 5.88 Å². The lowest BCUT2D eigenvalue weighted by Crippen LogP contribution is -2.09. The van der Waals surface area contributed by atoms with E-state index in [1.165, 1.54) is 20.4 Å². The molecule has 1 unspecified atom stereocenters. The van der Waals surface area contributed by atoms with Crippen molar-refractivity contribution in [2.75, 3.05) is 14.2 Å². The minimum Gasteiger partial charge on any atom is -0.480 e. The first-order valence-electron chi connectivity index (χ1n) is 6.27. The molecule has 0 saturated heterocycles. The van der Waals surface area contributed by atoms with Crippen LogP contribution in [0.1, 0.15) is 28.5 Å². The van der Waals surface area contributed by atoms with Crippen LogP contribution in [0.5, 0.6) is 11.8 Å². The van der Waals surface area contributed by atoms with Gasteiger partial charge in [0.15, 0.2) is 0 Å². The van der Waals surface area contributed by atoms with Gasteiger partial charge in [0.25, 0.3) is 0 Å². The molecule has 1 aromatic carbocycles. The molecule has 0 fully saturated rings. The van der Waals surface area contributed by atoms with Gasteiger partial charge in [0.05, 0.1) is 20.4 Å². The molecule has 0 aliphatic rings. The molecule has 0 amide bonds. The number of ether oxygens (including phenoxy) is 2. The minimum atomic E-state index is -0.886. The summed E-state index contributed by atoms with van der Waals surface area (Å²) < 4.78 is 10.2. The van der Waals surface area contributed by atoms with Gasteiger partial charge < -0.3 is 14.6 Å². The van der Waals surface area contributed by atoms with Crippen LogP contribution in [0.3, 0.4) is 0 Å². The van der Waals surface area contributed by atoms with Crippen LogP contribution in [0.15, 0.2) is 24.4 Å². The van der Waals surface area contributed by atoms with Crippen LogP contribution >= 0.6 is 0 Å². The molecule has 2 aromatic rings. The number of benzene rings is 1. The predicted octanol–water partition coefficient (Wildman–Crippen LogP) is 2.19. The molecule has 0 bridgehead atoms. The Morgan fingerprint density at radius 2 is 1.90 bits per heavy atom. The molecule has 0 radical (unpaired) electrons. The van der Waals surface area contributed by atoms with Crippen LogP contribution in [-0.2, 0) is 0 Å². The van der Waals surface area contributed by atoms with E-state index < -0.39 is 6.10 Å². The highest BCUT2D eigenvalue weighted by Gasteiger charge is 2.21. The van der Waals surface area contributed by atoms with Crippen molar-refractivity contribution in [1.82, 2.24) is 9.97 Å². The van der Waals surface area contributed by atoms with E-state index in [0.717, 1.165) is 16.7 Å². The third kappa shape index (κ3) is 2.58. The molecular formula is C15H18N2O3. The Morgan fingerprint density at radius 1 is 1.15 bits per heavy atom. The van der Waals surface area contributed by atoms with Crippen LogP contribution < -0.4 is 9.47 Å². The number of aliphatic hydroxyl groups is 1. The number of nitrogens with zero attached hydrogens (tertiary/aromatic N) is 2. The third-order valence-corrected chi connectivity index (χ3v) is 3.35. The van der Waals surface area contributed by atoms with E-state index in [1.54, 1.807) is 0 Å². The van der Waals surface area contributed by atoms with Crippen molar-refractivity contribution < 1.29 is 14.6 Å². The fraction of sp³-hybridized carbons (Fsp3) is 0.333. The van der Waals surface area contributed by atoms with Crippen molar-refractivity contribution >= 4 is 0 Å². The maximum atomic E-state index is 10.5. The van der Waals surface area contributed by atoms with Crippen molar-refractivity contribution in [2.24, 2.45) is 0 Å². The quantitative estimate of drug-likeness (QED) is 0.926. The van der Waals surface area contributed by atoms with E-state index >= 15 is 0 Å². The molecule has 5 heteroatoms. The molecule has 0 aliphatic heterocycles. The predicted molar refractivity (Wildman–Crippen MR) is 75.1 cm³/mol. The van der Waals surface area contributed by atoms with E-state index in [2.05, 4.69) is 9.97 Å². The van der Waals surface area contributed by atoms with Gasteiger partial charge in [-0.1, -0.05) is 18.2 Å². The standard InChI is InChI=1S/C15H18N2O3/c1-9-6-5-7-11(10(9)2)14(18)13-15(20-4)17-12(19-3)8-16-13/h5-8,14,18H,1-4H3. The fourth-order valence-electron chi connectivity index (χ4n) is 2.02. The van der Waals surface area contributed by atoms with Crippen molar-refractivity contribution in [1.29, 1.82) is 0 Å². The summed E-state index contributed by atoms with van der Waals surface area (Å²) in [5.74, 6) is 0.608. The van der Waals surface area contributed by atoms with Gasteiger partial charge in [0.2, 0.25) is 11.8 Å². The first kappa shape index (κ1) is 14.3. The maximum Gasteiger partial charge on any atom is 0.241 e. The third-order valence-electron chi connectivity index (χ3n) is 3.35. The Kier molecular flexibility index (Phi) is 4.20. The number of aliphatic hydroxyl groups excluding tert-OH is 1. The SMILES string of the molecule is COc1cnc(C(O)c2cccc(C)c2C)c(OC)n1. The number of hydrogen-bond donors (Lipinski definition) is 1. The normalized spacial score (nSPS) is 12.1. The maximum absolute atomic E-state index is 10.5. The highest BCUT2D eigenvalue weighted by Crippen LogP contribution is 2.30. The van der Waals surface area contributed by atoms with Gasteiger partial charge in [-0.25, -0.2) is 4.98 Å². The molecule has 1 heterocycles. The zero-order valence-electron chi connectivity index (χ0n) is 12.0. The topological polar surface area (TPSA) is 64.5 Å². The second kappa shape index (κ2) is 5.88. The summed E-state index contributed by atoms with van der Waals surface area (Å²) in [5.41, 5.74) is 3.31. The molecule has 2 rings (SSSR count). The number of hydrogen-bond acceptors (Lipinski definition) is 5. The second-order valence-electron chi connectivity index (χ2n) is 4.50. The lowest BCUT2D eigenvalue weighted by molar-refractivity contribution is 0.206. The molecule has 0 spiro atoms. The highest BCUT2D eigenvalue weighted by atomic mass is 16.5. The summed E-state index contributed by atoms with van der Waals surface area (Å²) in [6.45, 7) is 3.97. The first-order valence-corrected chi connectivity index (χ1v) is 6.27. The lowest BCUT2D eigenvalue weighted by Gasteiger charge is -2.16. The largest absolute Gasteiger partial charge is 0.480 e. The minimum absolute atomic E-state index is 0.262. The van der Waals surface area contributed by atoms with Gasteiger partial charge in [-0.15, -0.1) is 0 Å². The van der Waals surface area contributed by atoms with Gasteiger partial charge in [-0.2, -0.15) is 4.98 Å². The molecule has 1 aromatic heterocycles. The average molecular weight is 274 g/mol. The van der Waals surface area contributed by atoms with Gasteiger partial charge in [0, 0.05) is 0 Å². The Labute approximate surface area is 118 Å². The summed E-state index contributed by atoms with van der Waals surface area (Å²) in [6, 6.07) is 5.78. The van der Waals surface area contributed by atoms with Crippen LogP contribution in [-0.4, -0.2) is 29.3 Å². The summed E-state index contributed by atoms with van der Waals surface area (Å²) in [4.78, 5) is 8.35. The first-order chi connectivity index (χ1) is 9.58. The molecule has 0 aliphatic carbocycles. The summed E-state index contributed by atoms with van der Waals surface area (Å²) in [7, 11) is 2.99. The lowest BCUT2D eigenvalue weighted by atomic mass is 9.97. The van der Waals surface area contributed by atoms with Crippen LogP contribution in [0.2, 0.25) is 0 Å². The number of methoxy groups -OCH3 is 2. The zero-order valence-corrected chi connectivity index (χ0v) is 12.0. The average Bonchev–Trinajstić information content (AvgIpc) is 2.48. The molecule has 0 saturated carbocycles.